The minimum Gasteiger partial charge on any atom is -0.493 e. The summed E-state index contributed by atoms with van der Waals surface area (Å²) < 4.78 is 5.83. The molecule has 2 N–H and O–H groups in total. The van der Waals surface area contributed by atoms with Gasteiger partial charge in [-0.05, 0) is 69.2 Å². The second-order valence-electron chi connectivity index (χ2n) is 8.11. The fourth-order valence-corrected chi connectivity index (χ4v) is 4.00. The van der Waals surface area contributed by atoms with Crippen LogP contribution in [-0.4, -0.2) is 55.5 Å². The number of hydrogen-bond acceptors (Lipinski definition) is 4. The van der Waals surface area contributed by atoms with Gasteiger partial charge < -0.3 is 20.3 Å². The molecule has 2 fully saturated rings. The first-order chi connectivity index (χ1) is 13.5. The van der Waals surface area contributed by atoms with Crippen molar-refractivity contribution in [3.8, 4) is 5.75 Å². The SMILES string of the molecule is Cc1ccc(C)c(OCCC(=O)N2CCCC(CNC(=O)C3CCCN3)C2)c1. The van der Waals surface area contributed by atoms with Crippen LogP contribution in [-0.2, 0) is 9.59 Å². The molecule has 0 saturated carbocycles. The number of nitrogens with zero attached hydrogens (tertiary/aromatic N) is 1. The molecule has 28 heavy (non-hydrogen) atoms. The van der Waals surface area contributed by atoms with E-state index in [1.807, 2.05) is 30.9 Å². The first-order valence-electron chi connectivity index (χ1n) is 10.5. The second-order valence-corrected chi connectivity index (χ2v) is 8.11. The summed E-state index contributed by atoms with van der Waals surface area (Å²) in [7, 11) is 0. The average molecular weight is 388 g/mol. The van der Waals surface area contributed by atoms with Gasteiger partial charge in [-0.1, -0.05) is 12.1 Å². The molecule has 0 spiro atoms. The molecule has 2 unspecified atom stereocenters. The Balaban J connectivity index is 1.40. The standard InChI is InChI=1S/C22H33N3O3/c1-16-7-8-17(2)20(13-16)28-12-9-21(26)25-11-4-5-18(15-25)14-24-22(27)19-6-3-10-23-19/h7-8,13,18-19,23H,3-6,9-12,14-15H2,1-2H3,(H,24,27). The number of carbonyl (C=O) groups is 2. The van der Waals surface area contributed by atoms with E-state index in [0.717, 1.165) is 62.2 Å². The molecule has 2 amide bonds. The van der Waals surface area contributed by atoms with Crippen molar-refractivity contribution in [2.24, 2.45) is 5.92 Å². The molecule has 154 valence electrons. The Kier molecular flexibility index (Phi) is 7.31. The third kappa shape index (κ3) is 5.71. The van der Waals surface area contributed by atoms with Crippen molar-refractivity contribution in [1.82, 2.24) is 15.5 Å². The molecular formula is C22H33N3O3. The van der Waals surface area contributed by atoms with E-state index in [0.29, 0.717) is 25.5 Å². The molecule has 2 aliphatic rings. The predicted octanol–water partition coefficient (Wildman–Crippen LogP) is 2.18. The lowest BCUT2D eigenvalue weighted by atomic mass is 9.97. The number of carbonyl (C=O) groups excluding carboxylic acids is 2. The lowest BCUT2D eigenvalue weighted by Gasteiger charge is -2.33. The zero-order valence-corrected chi connectivity index (χ0v) is 17.1. The Morgan fingerprint density at radius 2 is 2.11 bits per heavy atom. The van der Waals surface area contributed by atoms with Crippen molar-refractivity contribution in [1.29, 1.82) is 0 Å². The number of piperidine rings is 1. The zero-order valence-electron chi connectivity index (χ0n) is 17.1. The van der Waals surface area contributed by atoms with Crippen LogP contribution >= 0.6 is 0 Å². The largest absolute Gasteiger partial charge is 0.493 e. The highest BCUT2D eigenvalue weighted by Gasteiger charge is 2.26. The third-order valence-corrected chi connectivity index (χ3v) is 5.73. The Bertz CT molecular complexity index is 686. The summed E-state index contributed by atoms with van der Waals surface area (Å²) in [5, 5.41) is 6.29. The predicted molar refractivity (Wildman–Crippen MR) is 109 cm³/mol. The second kappa shape index (κ2) is 9.92. The van der Waals surface area contributed by atoms with Crippen LogP contribution in [0.5, 0.6) is 5.75 Å². The summed E-state index contributed by atoms with van der Waals surface area (Å²) in [5.74, 6) is 1.43. The number of ether oxygens (including phenoxy) is 1. The van der Waals surface area contributed by atoms with Crippen LogP contribution in [0.15, 0.2) is 18.2 Å². The van der Waals surface area contributed by atoms with Crippen molar-refractivity contribution in [3.05, 3.63) is 29.3 Å². The molecular weight excluding hydrogens is 354 g/mol. The third-order valence-electron chi connectivity index (χ3n) is 5.73. The number of nitrogens with one attached hydrogen (secondary N) is 2. The van der Waals surface area contributed by atoms with Gasteiger partial charge in [0.1, 0.15) is 5.75 Å². The minimum atomic E-state index is -0.0384. The highest BCUT2D eigenvalue weighted by molar-refractivity contribution is 5.82. The molecule has 2 heterocycles. The zero-order chi connectivity index (χ0) is 19.9. The molecule has 1 aromatic rings. The number of benzene rings is 1. The van der Waals surface area contributed by atoms with Crippen LogP contribution in [0, 0.1) is 19.8 Å². The molecule has 1 aromatic carbocycles. The van der Waals surface area contributed by atoms with E-state index in [1.54, 1.807) is 0 Å². The Hall–Kier alpha value is -2.08. The van der Waals surface area contributed by atoms with Crippen molar-refractivity contribution in [2.45, 2.75) is 52.0 Å². The number of hydrogen-bond donors (Lipinski definition) is 2. The van der Waals surface area contributed by atoms with Gasteiger partial charge in [0.15, 0.2) is 0 Å². The molecule has 6 nitrogen and oxygen atoms in total. The van der Waals surface area contributed by atoms with Gasteiger partial charge in [-0.15, -0.1) is 0 Å². The quantitative estimate of drug-likeness (QED) is 0.752. The van der Waals surface area contributed by atoms with Crippen LogP contribution in [0.4, 0.5) is 0 Å². The molecule has 6 heteroatoms. The van der Waals surface area contributed by atoms with Gasteiger partial charge >= 0.3 is 0 Å². The molecule has 2 aliphatic heterocycles. The van der Waals surface area contributed by atoms with Crippen LogP contribution in [0.25, 0.3) is 0 Å². The summed E-state index contributed by atoms with van der Waals surface area (Å²) in [5.41, 5.74) is 2.24. The first kappa shape index (κ1) is 20.6. The molecule has 0 bridgehead atoms. The molecule has 2 atom stereocenters. The normalized spacial score (nSPS) is 22.1. The topological polar surface area (TPSA) is 70.7 Å². The van der Waals surface area contributed by atoms with Crippen LogP contribution < -0.4 is 15.4 Å². The monoisotopic (exact) mass is 387 g/mol. The fraction of sp³-hybridized carbons (Fsp3) is 0.636. The van der Waals surface area contributed by atoms with E-state index in [9.17, 15) is 9.59 Å². The van der Waals surface area contributed by atoms with E-state index in [2.05, 4.69) is 16.7 Å². The van der Waals surface area contributed by atoms with Gasteiger partial charge in [-0.3, -0.25) is 9.59 Å². The number of aryl methyl sites for hydroxylation is 2. The fourth-order valence-electron chi connectivity index (χ4n) is 4.00. The van der Waals surface area contributed by atoms with Gasteiger partial charge in [0.05, 0.1) is 19.1 Å². The van der Waals surface area contributed by atoms with Gasteiger partial charge in [0, 0.05) is 19.6 Å². The van der Waals surface area contributed by atoms with Crippen molar-refractivity contribution in [3.63, 3.8) is 0 Å². The van der Waals surface area contributed by atoms with Gasteiger partial charge in [0.2, 0.25) is 11.8 Å². The van der Waals surface area contributed by atoms with Crippen LogP contribution in [0.3, 0.4) is 0 Å². The van der Waals surface area contributed by atoms with E-state index in [4.69, 9.17) is 4.74 Å². The van der Waals surface area contributed by atoms with Gasteiger partial charge in [-0.2, -0.15) is 0 Å². The Morgan fingerprint density at radius 1 is 1.25 bits per heavy atom. The molecule has 3 rings (SSSR count). The first-order valence-corrected chi connectivity index (χ1v) is 10.5. The van der Waals surface area contributed by atoms with Crippen molar-refractivity contribution < 1.29 is 14.3 Å². The van der Waals surface area contributed by atoms with Crippen LogP contribution in [0.2, 0.25) is 0 Å². The summed E-state index contributed by atoms with van der Waals surface area (Å²) in [6, 6.07) is 6.07. The molecule has 0 radical (unpaired) electrons. The smallest absolute Gasteiger partial charge is 0.237 e. The molecule has 2 saturated heterocycles. The van der Waals surface area contributed by atoms with Gasteiger partial charge in [-0.25, -0.2) is 0 Å². The van der Waals surface area contributed by atoms with Crippen molar-refractivity contribution >= 4 is 11.8 Å². The van der Waals surface area contributed by atoms with Gasteiger partial charge in [0.25, 0.3) is 0 Å². The van der Waals surface area contributed by atoms with E-state index >= 15 is 0 Å². The van der Waals surface area contributed by atoms with Crippen molar-refractivity contribution in [2.75, 3.05) is 32.8 Å². The lowest BCUT2D eigenvalue weighted by molar-refractivity contribution is -0.133. The minimum absolute atomic E-state index is 0.0384. The summed E-state index contributed by atoms with van der Waals surface area (Å²) >= 11 is 0. The van der Waals surface area contributed by atoms with E-state index in [1.165, 1.54) is 0 Å². The maximum absolute atomic E-state index is 12.6. The average Bonchev–Trinajstić information content (AvgIpc) is 3.24. The van der Waals surface area contributed by atoms with Crippen LogP contribution in [0.1, 0.15) is 43.2 Å². The van der Waals surface area contributed by atoms with E-state index in [-0.39, 0.29) is 17.9 Å². The summed E-state index contributed by atoms with van der Waals surface area (Å²) in [4.78, 5) is 26.7. The number of rotatable bonds is 7. The Labute approximate surface area is 168 Å². The summed E-state index contributed by atoms with van der Waals surface area (Å²) in [6.45, 7) is 7.55. The highest BCUT2D eigenvalue weighted by Crippen LogP contribution is 2.20. The number of amides is 2. The Morgan fingerprint density at radius 3 is 2.89 bits per heavy atom. The van der Waals surface area contributed by atoms with E-state index < -0.39 is 0 Å². The highest BCUT2D eigenvalue weighted by atomic mass is 16.5. The maximum atomic E-state index is 12.6. The molecule has 0 aliphatic carbocycles. The lowest BCUT2D eigenvalue weighted by Crippen LogP contribution is -2.46. The molecule has 0 aromatic heterocycles. The maximum Gasteiger partial charge on any atom is 0.237 e. The number of likely N-dealkylation sites (tertiary alicyclic amines) is 1. The summed E-state index contributed by atoms with van der Waals surface area (Å²) in [6.07, 6.45) is 4.42.